The molecule has 0 fully saturated rings. The third kappa shape index (κ3) is 5.23. The van der Waals surface area contributed by atoms with Crippen molar-refractivity contribution in [2.75, 3.05) is 17.7 Å². The third-order valence-electron chi connectivity index (χ3n) is 3.97. The smallest absolute Gasteiger partial charge is 0.378 e. The van der Waals surface area contributed by atoms with Crippen LogP contribution in [-0.4, -0.2) is 19.1 Å². The summed E-state index contributed by atoms with van der Waals surface area (Å²) in [6.45, 7) is 3.49. The number of nitrogens with one attached hydrogen (secondary N) is 2. The maximum Gasteiger partial charge on any atom is 0.416 e. The molecule has 0 saturated carbocycles. The summed E-state index contributed by atoms with van der Waals surface area (Å²) in [5.41, 5.74) is 1.38. The summed E-state index contributed by atoms with van der Waals surface area (Å²) in [5, 5.41) is 5.95. The topological polar surface area (TPSA) is 50.4 Å². The Morgan fingerprint density at radius 1 is 1.04 bits per heavy atom. The van der Waals surface area contributed by atoms with Gasteiger partial charge in [0.2, 0.25) is 0 Å². The Labute approximate surface area is 150 Å². The van der Waals surface area contributed by atoms with Crippen LogP contribution in [0.1, 0.15) is 31.0 Å². The summed E-state index contributed by atoms with van der Waals surface area (Å²) in [5.74, 6) is -0.263. The fraction of sp³-hybridized carbons (Fsp3) is 0.316. The molecule has 2 unspecified atom stereocenters. The first-order chi connectivity index (χ1) is 12.2. The number of anilines is 2. The molecule has 4 nitrogen and oxygen atoms in total. The van der Waals surface area contributed by atoms with Gasteiger partial charge in [-0.1, -0.05) is 18.2 Å². The highest BCUT2D eigenvalue weighted by molar-refractivity contribution is 5.94. The molecule has 0 aliphatic carbocycles. The van der Waals surface area contributed by atoms with Crippen LogP contribution in [0.4, 0.5) is 24.5 Å². The number of hydrogen-bond donors (Lipinski definition) is 2. The third-order valence-corrected chi connectivity index (χ3v) is 3.97. The van der Waals surface area contributed by atoms with E-state index in [1.54, 1.807) is 25.1 Å². The molecular weight excluding hydrogens is 345 g/mol. The van der Waals surface area contributed by atoms with Gasteiger partial charge in [-0.15, -0.1) is 0 Å². The number of carbonyl (C=O) groups is 1. The second-order valence-electron chi connectivity index (χ2n) is 5.93. The molecule has 2 aromatic carbocycles. The maximum atomic E-state index is 12.6. The van der Waals surface area contributed by atoms with Crippen molar-refractivity contribution < 1.29 is 22.7 Å². The zero-order valence-electron chi connectivity index (χ0n) is 14.7. The predicted octanol–water partition coefficient (Wildman–Crippen LogP) is 4.85. The summed E-state index contributed by atoms with van der Waals surface area (Å²) in [6.07, 6.45) is -4.92. The molecule has 2 rings (SSSR count). The van der Waals surface area contributed by atoms with Crippen LogP contribution in [0.25, 0.3) is 0 Å². The van der Waals surface area contributed by atoms with Crippen LogP contribution in [-0.2, 0) is 15.7 Å². The Balaban J connectivity index is 2.06. The first-order valence-electron chi connectivity index (χ1n) is 8.08. The largest absolute Gasteiger partial charge is 0.416 e. The molecule has 0 radical (unpaired) electrons. The van der Waals surface area contributed by atoms with E-state index >= 15 is 0 Å². The van der Waals surface area contributed by atoms with Crippen molar-refractivity contribution in [3.8, 4) is 0 Å². The van der Waals surface area contributed by atoms with Gasteiger partial charge in [-0.05, 0) is 49.7 Å². The number of carbonyl (C=O) groups excluding carboxylic acids is 1. The monoisotopic (exact) mass is 366 g/mol. The first-order valence-corrected chi connectivity index (χ1v) is 8.08. The van der Waals surface area contributed by atoms with Crippen molar-refractivity contribution in [1.29, 1.82) is 0 Å². The number of rotatable bonds is 6. The highest BCUT2D eigenvalue weighted by atomic mass is 19.4. The van der Waals surface area contributed by atoms with Gasteiger partial charge in [-0.25, -0.2) is 0 Å². The molecule has 0 aliphatic heterocycles. The second-order valence-corrected chi connectivity index (χ2v) is 5.93. The van der Waals surface area contributed by atoms with Crippen LogP contribution in [0.5, 0.6) is 0 Å². The zero-order valence-corrected chi connectivity index (χ0v) is 14.7. The maximum absolute atomic E-state index is 12.6. The summed E-state index contributed by atoms with van der Waals surface area (Å²) in [4.78, 5) is 11.9. The van der Waals surface area contributed by atoms with Crippen molar-refractivity contribution in [3.05, 3.63) is 59.7 Å². The van der Waals surface area contributed by atoms with Gasteiger partial charge >= 0.3 is 6.18 Å². The minimum absolute atomic E-state index is 0.207. The molecule has 0 aliphatic rings. The number of benzene rings is 2. The fourth-order valence-electron chi connectivity index (χ4n) is 2.33. The van der Waals surface area contributed by atoms with Crippen molar-refractivity contribution in [2.24, 2.45) is 0 Å². The normalized spacial score (nSPS) is 13.8. The number of alkyl halides is 3. The molecular formula is C19H21F3N2O2. The molecule has 0 bridgehead atoms. The Bertz CT molecular complexity index is 745. The molecule has 0 spiro atoms. The van der Waals surface area contributed by atoms with Crippen molar-refractivity contribution >= 4 is 17.3 Å². The zero-order chi connectivity index (χ0) is 19.3. The SMILES string of the molecule is COC(C)C(=O)Nc1cccc(NC(C)c2ccc(C(F)(F)F)cc2)c1. The van der Waals surface area contributed by atoms with E-state index in [2.05, 4.69) is 10.6 Å². The second kappa shape index (κ2) is 8.23. The van der Waals surface area contributed by atoms with Crippen LogP contribution >= 0.6 is 0 Å². The highest BCUT2D eigenvalue weighted by Crippen LogP contribution is 2.30. The minimum atomic E-state index is -4.35. The molecule has 1 amide bonds. The lowest BCUT2D eigenvalue weighted by atomic mass is 10.1. The minimum Gasteiger partial charge on any atom is -0.378 e. The van der Waals surface area contributed by atoms with Gasteiger partial charge in [0.05, 0.1) is 5.56 Å². The van der Waals surface area contributed by atoms with Crippen molar-refractivity contribution in [3.63, 3.8) is 0 Å². The molecule has 140 valence electrons. The lowest BCUT2D eigenvalue weighted by Gasteiger charge is -2.18. The first kappa shape index (κ1) is 19.8. The van der Waals surface area contributed by atoms with Gasteiger partial charge in [0.15, 0.2) is 0 Å². The molecule has 0 saturated heterocycles. The van der Waals surface area contributed by atoms with Gasteiger partial charge in [0.25, 0.3) is 5.91 Å². The Kier molecular flexibility index (Phi) is 6.26. The lowest BCUT2D eigenvalue weighted by Crippen LogP contribution is -2.26. The van der Waals surface area contributed by atoms with E-state index < -0.39 is 17.8 Å². The van der Waals surface area contributed by atoms with Crippen LogP contribution < -0.4 is 10.6 Å². The quantitative estimate of drug-likeness (QED) is 0.768. The molecule has 2 N–H and O–H groups in total. The number of methoxy groups -OCH3 is 1. The summed E-state index contributed by atoms with van der Waals surface area (Å²) >= 11 is 0. The molecule has 0 heterocycles. The van der Waals surface area contributed by atoms with E-state index in [0.717, 1.165) is 23.4 Å². The Morgan fingerprint density at radius 3 is 2.23 bits per heavy atom. The number of halogens is 3. The fourth-order valence-corrected chi connectivity index (χ4v) is 2.33. The average molecular weight is 366 g/mol. The summed E-state index contributed by atoms with van der Waals surface area (Å²) in [7, 11) is 1.45. The molecule has 7 heteroatoms. The molecule has 0 aromatic heterocycles. The highest BCUT2D eigenvalue weighted by Gasteiger charge is 2.30. The molecule has 26 heavy (non-hydrogen) atoms. The van der Waals surface area contributed by atoms with E-state index in [-0.39, 0.29) is 11.9 Å². The van der Waals surface area contributed by atoms with E-state index in [1.807, 2.05) is 13.0 Å². The lowest BCUT2D eigenvalue weighted by molar-refractivity contribution is -0.137. The van der Waals surface area contributed by atoms with E-state index in [1.165, 1.54) is 19.2 Å². The number of ether oxygens (including phenoxy) is 1. The van der Waals surface area contributed by atoms with Crippen LogP contribution in [0.3, 0.4) is 0 Å². The van der Waals surface area contributed by atoms with E-state index in [0.29, 0.717) is 5.69 Å². The summed E-state index contributed by atoms with van der Waals surface area (Å²) in [6, 6.07) is 11.9. The van der Waals surface area contributed by atoms with Gasteiger partial charge < -0.3 is 15.4 Å². The summed E-state index contributed by atoms with van der Waals surface area (Å²) < 4.78 is 42.9. The van der Waals surface area contributed by atoms with E-state index in [9.17, 15) is 18.0 Å². The molecule has 2 aromatic rings. The number of hydrogen-bond acceptors (Lipinski definition) is 3. The predicted molar refractivity (Wildman–Crippen MR) is 95.0 cm³/mol. The van der Waals surface area contributed by atoms with Crippen LogP contribution in [0.15, 0.2) is 48.5 Å². The van der Waals surface area contributed by atoms with Crippen LogP contribution in [0.2, 0.25) is 0 Å². The van der Waals surface area contributed by atoms with Gasteiger partial charge in [-0.2, -0.15) is 13.2 Å². The molecule has 2 atom stereocenters. The Morgan fingerprint density at radius 2 is 1.65 bits per heavy atom. The van der Waals surface area contributed by atoms with Gasteiger partial charge in [-0.3, -0.25) is 4.79 Å². The van der Waals surface area contributed by atoms with Crippen molar-refractivity contribution in [1.82, 2.24) is 0 Å². The van der Waals surface area contributed by atoms with Crippen molar-refractivity contribution in [2.45, 2.75) is 32.2 Å². The Hall–Kier alpha value is -2.54. The van der Waals surface area contributed by atoms with E-state index in [4.69, 9.17) is 4.74 Å². The average Bonchev–Trinajstić information content (AvgIpc) is 2.60. The van der Waals surface area contributed by atoms with Crippen LogP contribution in [0, 0.1) is 0 Å². The standard InChI is InChI=1S/C19H21F3N2O2/c1-12(14-7-9-15(10-8-14)19(20,21)22)23-16-5-4-6-17(11-16)24-18(25)13(2)26-3/h4-13,23H,1-3H3,(H,24,25). The van der Waals surface area contributed by atoms with Gasteiger partial charge in [0, 0.05) is 24.5 Å². The number of amides is 1. The van der Waals surface area contributed by atoms with Gasteiger partial charge in [0.1, 0.15) is 6.10 Å².